The van der Waals surface area contributed by atoms with Gasteiger partial charge in [-0.25, -0.2) is 12.7 Å². The molecule has 0 radical (unpaired) electrons. The topological polar surface area (TPSA) is 61.2 Å². The van der Waals surface area contributed by atoms with Crippen LogP contribution in [0.25, 0.3) is 6.08 Å². The largest absolute Gasteiger partial charge is 0.265 e. The van der Waals surface area contributed by atoms with E-state index in [1.807, 2.05) is 18.2 Å². The second-order valence-corrected chi connectivity index (χ2v) is 6.88. The first-order valence-corrected chi connectivity index (χ1v) is 8.26. The van der Waals surface area contributed by atoms with Crippen molar-refractivity contribution in [2.75, 3.05) is 0 Å². The maximum atomic E-state index is 12.9. The van der Waals surface area contributed by atoms with Gasteiger partial charge in [-0.1, -0.05) is 42.5 Å². The third-order valence-electron chi connectivity index (χ3n) is 3.66. The highest BCUT2D eigenvalue weighted by molar-refractivity contribution is 7.89. The van der Waals surface area contributed by atoms with Gasteiger partial charge in [0.05, 0.1) is 11.0 Å². The van der Waals surface area contributed by atoms with E-state index in [4.69, 9.17) is 0 Å². The van der Waals surface area contributed by atoms with Crippen LogP contribution in [0, 0.1) is 11.3 Å². The molecule has 1 atom stereocenters. The van der Waals surface area contributed by atoms with Gasteiger partial charge < -0.3 is 0 Å². The first-order chi connectivity index (χ1) is 10.6. The number of rotatable bonds is 2. The van der Waals surface area contributed by atoms with E-state index in [-0.39, 0.29) is 4.90 Å². The highest BCUT2D eigenvalue weighted by atomic mass is 32.2. The van der Waals surface area contributed by atoms with Gasteiger partial charge in [-0.05, 0) is 36.3 Å². The highest BCUT2D eigenvalue weighted by Crippen LogP contribution is 2.37. The van der Waals surface area contributed by atoms with Crippen molar-refractivity contribution in [3.63, 3.8) is 0 Å². The molecule has 4 nitrogen and oxygen atoms in total. The zero-order valence-corrected chi connectivity index (χ0v) is 12.8. The monoisotopic (exact) mass is 310 g/mol. The van der Waals surface area contributed by atoms with E-state index in [9.17, 15) is 13.7 Å². The fourth-order valence-corrected chi connectivity index (χ4v) is 4.26. The molecular formula is C17H14N2O2S. The maximum Gasteiger partial charge on any atom is 0.265 e. The summed E-state index contributed by atoms with van der Waals surface area (Å²) in [4.78, 5) is 0.183. The Balaban J connectivity index is 2.18. The minimum Gasteiger partial charge on any atom is -0.249 e. The van der Waals surface area contributed by atoms with Crippen LogP contribution in [0.5, 0.6) is 0 Å². The van der Waals surface area contributed by atoms with Crippen molar-refractivity contribution in [2.24, 2.45) is 0 Å². The molecule has 0 N–H and O–H groups in total. The molecular weight excluding hydrogens is 296 g/mol. The van der Waals surface area contributed by atoms with Crippen LogP contribution in [0.1, 0.15) is 24.1 Å². The van der Waals surface area contributed by atoms with Crippen molar-refractivity contribution in [3.8, 4) is 6.07 Å². The molecule has 1 heterocycles. The Labute approximate surface area is 130 Å². The van der Waals surface area contributed by atoms with Gasteiger partial charge in [0, 0.05) is 5.70 Å². The zero-order valence-electron chi connectivity index (χ0n) is 12.0. The van der Waals surface area contributed by atoms with E-state index in [2.05, 4.69) is 6.07 Å². The molecule has 1 unspecified atom stereocenters. The predicted molar refractivity (Wildman–Crippen MR) is 83.9 cm³/mol. The van der Waals surface area contributed by atoms with Gasteiger partial charge in [0.2, 0.25) is 0 Å². The van der Waals surface area contributed by atoms with Crippen molar-refractivity contribution in [1.82, 2.24) is 4.31 Å². The average Bonchev–Trinajstić information content (AvgIpc) is 2.54. The normalized spacial score (nSPS) is 17.4. The smallest absolute Gasteiger partial charge is 0.249 e. The summed E-state index contributed by atoms with van der Waals surface area (Å²) in [5, 5.41) is 9.55. The summed E-state index contributed by atoms with van der Waals surface area (Å²) in [5.41, 5.74) is 2.12. The molecule has 0 aromatic heterocycles. The van der Waals surface area contributed by atoms with Crippen molar-refractivity contribution in [3.05, 3.63) is 71.4 Å². The van der Waals surface area contributed by atoms with Crippen molar-refractivity contribution >= 4 is 16.1 Å². The Morgan fingerprint density at radius 3 is 2.36 bits per heavy atom. The van der Waals surface area contributed by atoms with Crippen LogP contribution in [0.2, 0.25) is 0 Å². The van der Waals surface area contributed by atoms with Gasteiger partial charge in [-0.2, -0.15) is 5.26 Å². The predicted octanol–water partition coefficient (Wildman–Crippen LogP) is 3.32. The van der Waals surface area contributed by atoms with Crippen LogP contribution >= 0.6 is 0 Å². The summed E-state index contributed by atoms with van der Waals surface area (Å²) >= 11 is 0. The third-order valence-corrected chi connectivity index (χ3v) is 5.54. The van der Waals surface area contributed by atoms with Gasteiger partial charge >= 0.3 is 0 Å². The Kier molecular flexibility index (Phi) is 3.47. The van der Waals surface area contributed by atoms with Crippen LogP contribution in [-0.2, 0) is 10.0 Å². The second-order valence-electron chi connectivity index (χ2n) is 5.06. The van der Waals surface area contributed by atoms with Crippen molar-refractivity contribution in [1.29, 1.82) is 5.26 Å². The molecule has 2 aromatic carbocycles. The van der Waals surface area contributed by atoms with Crippen molar-refractivity contribution in [2.45, 2.75) is 17.9 Å². The van der Waals surface area contributed by atoms with Crippen LogP contribution in [-0.4, -0.2) is 12.7 Å². The average molecular weight is 310 g/mol. The van der Waals surface area contributed by atoms with E-state index in [0.717, 1.165) is 5.56 Å². The van der Waals surface area contributed by atoms with E-state index in [1.165, 1.54) is 16.4 Å². The molecule has 2 aromatic rings. The molecule has 3 rings (SSSR count). The molecule has 22 heavy (non-hydrogen) atoms. The summed E-state index contributed by atoms with van der Waals surface area (Å²) < 4.78 is 27.0. The number of benzene rings is 2. The summed E-state index contributed by atoms with van der Waals surface area (Å²) in [6, 6.07) is 16.8. The summed E-state index contributed by atoms with van der Waals surface area (Å²) in [6.45, 7) is 1.71. The van der Waals surface area contributed by atoms with E-state index in [0.29, 0.717) is 11.3 Å². The standard InChI is InChI=1S/C17H14N2O2S/c1-13-11-14-7-5-6-10-16(14)17(12-18)19(13)22(20,21)15-8-3-2-4-9-15/h2-11,17H,1H3. The maximum absolute atomic E-state index is 12.9. The van der Waals surface area contributed by atoms with E-state index in [1.54, 1.807) is 37.3 Å². The zero-order chi connectivity index (χ0) is 15.7. The number of sulfonamides is 1. The first-order valence-electron chi connectivity index (χ1n) is 6.82. The van der Waals surface area contributed by atoms with Crippen LogP contribution in [0.4, 0.5) is 0 Å². The van der Waals surface area contributed by atoms with Gasteiger partial charge in [0.15, 0.2) is 6.04 Å². The fraction of sp³-hybridized carbons (Fsp3) is 0.118. The molecule has 1 aliphatic heterocycles. The van der Waals surface area contributed by atoms with Gasteiger partial charge in [0.25, 0.3) is 10.0 Å². The highest BCUT2D eigenvalue weighted by Gasteiger charge is 2.36. The Morgan fingerprint density at radius 2 is 1.68 bits per heavy atom. The Hall–Kier alpha value is -2.58. The minimum atomic E-state index is -3.77. The Bertz CT molecular complexity index is 880. The lowest BCUT2D eigenvalue weighted by molar-refractivity contribution is 0.436. The molecule has 1 aliphatic rings. The molecule has 0 spiro atoms. The quantitative estimate of drug-likeness (QED) is 0.855. The van der Waals surface area contributed by atoms with Gasteiger partial charge in [-0.15, -0.1) is 0 Å². The molecule has 0 fully saturated rings. The molecule has 5 heteroatoms. The number of nitriles is 1. The SMILES string of the molecule is CC1=Cc2ccccc2C(C#N)N1S(=O)(=O)c1ccccc1. The Morgan fingerprint density at radius 1 is 1.05 bits per heavy atom. The van der Waals surface area contributed by atoms with E-state index < -0.39 is 16.1 Å². The second kappa shape index (κ2) is 5.32. The van der Waals surface area contributed by atoms with Crippen molar-refractivity contribution < 1.29 is 8.42 Å². The third kappa shape index (κ3) is 2.18. The van der Waals surface area contributed by atoms with E-state index >= 15 is 0 Å². The number of allylic oxidation sites excluding steroid dienone is 1. The molecule has 0 bridgehead atoms. The van der Waals surface area contributed by atoms with Gasteiger partial charge in [-0.3, -0.25) is 0 Å². The van der Waals surface area contributed by atoms with Gasteiger partial charge in [0.1, 0.15) is 0 Å². The molecule has 110 valence electrons. The molecule has 0 amide bonds. The molecule has 0 saturated carbocycles. The molecule has 0 aliphatic carbocycles. The van der Waals surface area contributed by atoms with Crippen LogP contribution in [0.3, 0.4) is 0 Å². The number of hydrogen-bond donors (Lipinski definition) is 0. The lowest BCUT2D eigenvalue weighted by Crippen LogP contribution is -2.35. The van der Waals surface area contributed by atoms with Crippen LogP contribution < -0.4 is 0 Å². The molecule has 0 saturated heterocycles. The summed E-state index contributed by atoms with van der Waals surface area (Å²) in [5.74, 6) is 0. The lowest BCUT2D eigenvalue weighted by Gasteiger charge is -2.33. The van der Waals surface area contributed by atoms with Crippen LogP contribution in [0.15, 0.2) is 65.2 Å². The first kappa shape index (κ1) is 14.4. The summed E-state index contributed by atoms with van der Waals surface area (Å²) in [7, 11) is -3.77. The summed E-state index contributed by atoms with van der Waals surface area (Å²) in [6.07, 6.45) is 1.80. The lowest BCUT2D eigenvalue weighted by atomic mass is 9.97. The number of nitrogens with zero attached hydrogens (tertiary/aromatic N) is 2. The fourth-order valence-electron chi connectivity index (χ4n) is 2.67. The number of fused-ring (bicyclic) bond motifs is 1. The number of hydrogen-bond acceptors (Lipinski definition) is 3. The minimum absolute atomic E-state index is 0.183.